The lowest BCUT2D eigenvalue weighted by Crippen LogP contribution is -2.17. The summed E-state index contributed by atoms with van der Waals surface area (Å²) in [6.45, 7) is 0. The molecule has 4 heteroatoms. The molecule has 2 aromatic rings. The molecule has 104 valence electrons. The van der Waals surface area contributed by atoms with Crippen molar-refractivity contribution in [1.29, 1.82) is 0 Å². The molecule has 2 nitrogen and oxygen atoms in total. The number of phenols is 1. The third-order valence-electron chi connectivity index (χ3n) is 3.70. The van der Waals surface area contributed by atoms with Crippen molar-refractivity contribution in [3.63, 3.8) is 0 Å². The van der Waals surface area contributed by atoms with Crippen molar-refractivity contribution < 1.29 is 5.11 Å². The van der Waals surface area contributed by atoms with Crippen molar-refractivity contribution in [1.82, 2.24) is 0 Å². The second-order valence-corrected chi connectivity index (χ2v) is 6.36. The number of nitrogens with one attached hydrogen (secondary N) is 1. The first kappa shape index (κ1) is 13.8. The molecule has 2 N–H and O–H groups in total. The van der Waals surface area contributed by atoms with E-state index in [9.17, 15) is 5.11 Å². The zero-order valence-corrected chi connectivity index (χ0v) is 13.2. The summed E-state index contributed by atoms with van der Waals surface area (Å²) < 4.78 is 0.894. The highest BCUT2D eigenvalue weighted by Crippen LogP contribution is 2.35. The molecular formula is C16H15BrClNO. The zero-order chi connectivity index (χ0) is 14.1. The number of aromatic hydroxyl groups is 1. The fourth-order valence-corrected chi connectivity index (χ4v) is 3.23. The first-order valence-corrected chi connectivity index (χ1v) is 7.84. The lowest BCUT2D eigenvalue weighted by Gasteiger charge is -2.27. The first-order valence-electron chi connectivity index (χ1n) is 6.67. The molecule has 0 bridgehead atoms. The van der Waals surface area contributed by atoms with E-state index in [1.165, 1.54) is 11.1 Å². The second-order valence-electron chi connectivity index (χ2n) is 5.10. The Morgan fingerprint density at radius 3 is 2.85 bits per heavy atom. The molecule has 0 heterocycles. The Hall–Kier alpha value is -1.19. The van der Waals surface area contributed by atoms with Gasteiger partial charge in [0.1, 0.15) is 5.75 Å². The number of hydrogen-bond acceptors (Lipinski definition) is 2. The number of hydrogen-bond donors (Lipinski definition) is 2. The van der Waals surface area contributed by atoms with Gasteiger partial charge >= 0.3 is 0 Å². The van der Waals surface area contributed by atoms with E-state index in [2.05, 4.69) is 21.2 Å². The third kappa shape index (κ3) is 2.79. The molecule has 0 aromatic heterocycles. The molecule has 1 unspecified atom stereocenters. The minimum atomic E-state index is 0.285. The van der Waals surface area contributed by atoms with Crippen LogP contribution in [0, 0.1) is 0 Å². The van der Waals surface area contributed by atoms with Gasteiger partial charge in [-0.15, -0.1) is 0 Å². The van der Waals surface area contributed by atoms with E-state index in [1.807, 2.05) is 30.3 Å². The van der Waals surface area contributed by atoms with Gasteiger partial charge in [0, 0.05) is 10.2 Å². The maximum absolute atomic E-state index is 9.59. The summed E-state index contributed by atoms with van der Waals surface area (Å²) in [4.78, 5) is 0. The predicted molar refractivity (Wildman–Crippen MR) is 86.6 cm³/mol. The Morgan fingerprint density at radius 2 is 2.05 bits per heavy atom. The molecule has 0 saturated carbocycles. The maximum Gasteiger partial charge on any atom is 0.115 e. The molecule has 1 aliphatic rings. The standard InChI is InChI=1S/C16H15BrClNO/c17-14-9-11(4-7-15(14)18)19-16-3-1-2-10-8-12(20)5-6-13(10)16/h4-9,16,19-20H,1-3H2. The highest BCUT2D eigenvalue weighted by molar-refractivity contribution is 9.10. The van der Waals surface area contributed by atoms with Gasteiger partial charge in [-0.05, 0) is 76.7 Å². The molecule has 0 amide bonds. The van der Waals surface area contributed by atoms with Crippen molar-refractivity contribution in [2.24, 2.45) is 0 Å². The number of benzene rings is 2. The van der Waals surface area contributed by atoms with Crippen molar-refractivity contribution in [3.8, 4) is 5.75 Å². The van der Waals surface area contributed by atoms with Gasteiger partial charge in [0.2, 0.25) is 0 Å². The van der Waals surface area contributed by atoms with Crippen molar-refractivity contribution >= 4 is 33.2 Å². The van der Waals surface area contributed by atoms with Crippen LogP contribution in [0.3, 0.4) is 0 Å². The molecule has 20 heavy (non-hydrogen) atoms. The van der Waals surface area contributed by atoms with Crippen LogP contribution in [0.15, 0.2) is 40.9 Å². The molecule has 3 rings (SSSR count). The number of anilines is 1. The summed E-state index contributed by atoms with van der Waals surface area (Å²) >= 11 is 9.47. The van der Waals surface area contributed by atoms with Crippen molar-refractivity contribution in [3.05, 3.63) is 57.0 Å². The molecule has 0 radical (unpaired) electrons. The molecule has 1 atom stereocenters. The van der Waals surface area contributed by atoms with Crippen LogP contribution in [0.5, 0.6) is 5.75 Å². The van der Waals surface area contributed by atoms with Crippen LogP contribution in [0.4, 0.5) is 5.69 Å². The van der Waals surface area contributed by atoms with Gasteiger partial charge in [-0.25, -0.2) is 0 Å². The first-order chi connectivity index (χ1) is 9.63. The van der Waals surface area contributed by atoms with Crippen LogP contribution in [0.1, 0.15) is 30.0 Å². The molecule has 0 aliphatic heterocycles. The molecule has 2 aromatic carbocycles. The quantitative estimate of drug-likeness (QED) is 0.769. The van der Waals surface area contributed by atoms with Crippen LogP contribution in [-0.2, 0) is 6.42 Å². The summed E-state index contributed by atoms with van der Waals surface area (Å²) in [5, 5.41) is 13.9. The van der Waals surface area contributed by atoms with Crippen molar-refractivity contribution in [2.75, 3.05) is 5.32 Å². The number of fused-ring (bicyclic) bond motifs is 1. The lowest BCUT2D eigenvalue weighted by atomic mass is 9.87. The van der Waals surface area contributed by atoms with E-state index < -0.39 is 0 Å². The van der Waals surface area contributed by atoms with E-state index in [0.29, 0.717) is 10.8 Å². The summed E-state index contributed by atoms with van der Waals surface area (Å²) in [6, 6.07) is 11.8. The number of aryl methyl sites for hydroxylation is 1. The van der Waals surface area contributed by atoms with Crippen LogP contribution in [0.25, 0.3) is 0 Å². The summed E-state index contributed by atoms with van der Waals surface area (Å²) in [6.07, 6.45) is 3.26. The Kier molecular flexibility index (Phi) is 3.90. The fourth-order valence-electron chi connectivity index (χ4n) is 2.74. The highest BCUT2D eigenvalue weighted by Gasteiger charge is 2.20. The Balaban J connectivity index is 1.87. The van der Waals surface area contributed by atoms with Crippen LogP contribution in [0.2, 0.25) is 5.02 Å². The highest BCUT2D eigenvalue weighted by atomic mass is 79.9. The lowest BCUT2D eigenvalue weighted by molar-refractivity contribution is 0.472. The molecule has 0 saturated heterocycles. The van der Waals surface area contributed by atoms with Gasteiger partial charge in [-0.1, -0.05) is 17.7 Å². The molecular weight excluding hydrogens is 338 g/mol. The fraction of sp³-hybridized carbons (Fsp3) is 0.250. The molecule has 0 fully saturated rings. The number of phenolic OH excluding ortho intramolecular Hbond substituents is 1. The largest absolute Gasteiger partial charge is 0.508 e. The second kappa shape index (κ2) is 5.66. The monoisotopic (exact) mass is 351 g/mol. The van der Waals surface area contributed by atoms with E-state index >= 15 is 0 Å². The Labute approximate surface area is 131 Å². The summed E-state index contributed by atoms with van der Waals surface area (Å²) in [5.41, 5.74) is 3.56. The van der Waals surface area contributed by atoms with Crippen LogP contribution in [-0.4, -0.2) is 5.11 Å². The van der Waals surface area contributed by atoms with E-state index in [1.54, 1.807) is 6.07 Å². The van der Waals surface area contributed by atoms with Crippen molar-refractivity contribution in [2.45, 2.75) is 25.3 Å². The molecule has 1 aliphatic carbocycles. The summed E-state index contributed by atoms with van der Waals surface area (Å²) in [7, 11) is 0. The van der Waals surface area contributed by atoms with Gasteiger partial charge < -0.3 is 10.4 Å². The van der Waals surface area contributed by atoms with E-state index in [0.717, 1.165) is 29.4 Å². The van der Waals surface area contributed by atoms with Gasteiger partial charge in [0.15, 0.2) is 0 Å². The summed E-state index contributed by atoms with van der Waals surface area (Å²) in [5.74, 6) is 0.346. The Morgan fingerprint density at radius 1 is 1.20 bits per heavy atom. The van der Waals surface area contributed by atoms with E-state index in [-0.39, 0.29) is 6.04 Å². The minimum Gasteiger partial charge on any atom is -0.508 e. The number of halogens is 2. The van der Waals surface area contributed by atoms with E-state index in [4.69, 9.17) is 11.6 Å². The average molecular weight is 353 g/mol. The molecule has 0 spiro atoms. The van der Waals surface area contributed by atoms with Gasteiger partial charge in [0.25, 0.3) is 0 Å². The zero-order valence-electron chi connectivity index (χ0n) is 10.9. The van der Waals surface area contributed by atoms with Gasteiger partial charge in [-0.3, -0.25) is 0 Å². The topological polar surface area (TPSA) is 32.3 Å². The number of rotatable bonds is 2. The van der Waals surface area contributed by atoms with Gasteiger partial charge in [0.05, 0.1) is 11.1 Å². The predicted octanol–water partition coefficient (Wildman–Crippen LogP) is 5.30. The van der Waals surface area contributed by atoms with Crippen LogP contribution < -0.4 is 5.32 Å². The minimum absolute atomic E-state index is 0.285. The van der Waals surface area contributed by atoms with Crippen LogP contribution >= 0.6 is 27.5 Å². The SMILES string of the molecule is Oc1ccc2c(c1)CCCC2Nc1ccc(Cl)c(Br)c1. The maximum atomic E-state index is 9.59. The smallest absolute Gasteiger partial charge is 0.115 e. The normalized spacial score (nSPS) is 17.6. The third-order valence-corrected chi connectivity index (χ3v) is 4.92. The average Bonchev–Trinajstić information content (AvgIpc) is 2.43. The van der Waals surface area contributed by atoms with Gasteiger partial charge in [-0.2, -0.15) is 0 Å². The Bertz CT molecular complexity index is 644.